The minimum absolute atomic E-state index is 0.100. The van der Waals surface area contributed by atoms with E-state index in [-0.39, 0.29) is 12.0 Å². The van der Waals surface area contributed by atoms with Crippen LogP contribution in [-0.2, 0) is 10.2 Å². The lowest BCUT2D eigenvalue weighted by atomic mass is 9.86. The van der Waals surface area contributed by atoms with E-state index >= 15 is 0 Å². The van der Waals surface area contributed by atoms with Gasteiger partial charge in [-0.05, 0) is 44.2 Å². The lowest BCUT2D eigenvalue weighted by molar-refractivity contribution is -0.122. The number of para-hydroxylation sites is 1. The van der Waals surface area contributed by atoms with Gasteiger partial charge in [-0.15, -0.1) is 0 Å². The standard InChI is InChI=1S/C15H19NO2/c1-15(2)11-5-3-4-6-12(11)16(14(15)18)9-13(17)10-7-8-10/h3-6,10,13,17H,7-9H2,1-2H3. The summed E-state index contributed by atoms with van der Waals surface area (Å²) in [5.74, 6) is 0.497. The Hall–Kier alpha value is -1.35. The molecule has 0 radical (unpaired) electrons. The summed E-state index contributed by atoms with van der Waals surface area (Å²) < 4.78 is 0. The summed E-state index contributed by atoms with van der Waals surface area (Å²) in [6.07, 6.45) is 1.80. The van der Waals surface area contributed by atoms with Crippen molar-refractivity contribution in [1.82, 2.24) is 0 Å². The SMILES string of the molecule is CC1(C)C(=O)N(CC(O)C2CC2)c2ccccc21. The van der Waals surface area contributed by atoms with Crippen LogP contribution in [0.15, 0.2) is 24.3 Å². The molecule has 1 saturated carbocycles. The van der Waals surface area contributed by atoms with Crippen LogP contribution < -0.4 is 4.90 Å². The van der Waals surface area contributed by atoms with Crippen molar-refractivity contribution < 1.29 is 9.90 Å². The van der Waals surface area contributed by atoms with Gasteiger partial charge >= 0.3 is 0 Å². The number of benzene rings is 1. The molecular formula is C15H19NO2. The molecule has 1 aromatic carbocycles. The number of β-amino-alcohol motifs (C(OH)–C–C–N with tert-alkyl or cyclic N) is 1. The Morgan fingerprint density at radius 1 is 1.39 bits per heavy atom. The molecule has 1 aliphatic heterocycles. The van der Waals surface area contributed by atoms with Crippen molar-refractivity contribution in [2.45, 2.75) is 38.2 Å². The predicted octanol–water partition coefficient (Wildman–Crippen LogP) is 2.08. The molecule has 1 unspecified atom stereocenters. The van der Waals surface area contributed by atoms with Gasteiger partial charge in [0, 0.05) is 5.69 Å². The highest BCUT2D eigenvalue weighted by molar-refractivity contribution is 6.07. The Balaban J connectivity index is 1.93. The van der Waals surface area contributed by atoms with Crippen molar-refractivity contribution in [2.75, 3.05) is 11.4 Å². The molecular weight excluding hydrogens is 226 g/mol. The number of carbonyl (C=O) groups excluding carboxylic acids is 1. The maximum absolute atomic E-state index is 12.5. The topological polar surface area (TPSA) is 40.5 Å². The molecule has 1 amide bonds. The molecule has 0 saturated heterocycles. The van der Waals surface area contributed by atoms with Gasteiger partial charge in [0.25, 0.3) is 0 Å². The van der Waals surface area contributed by atoms with E-state index in [0.717, 1.165) is 24.1 Å². The van der Waals surface area contributed by atoms with E-state index in [2.05, 4.69) is 0 Å². The van der Waals surface area contributed by atoms with Gasteiger partial charge in [-0.3, -0.25) is 4.79 Å². The second-order valence-electron chi connectivity index (χ2n) is 5.96. The van der Waals surface area contributed by atoms with Crippen LogP contribution >= 0.6 is 0 Å². The molecule has 3 rings (SSSR count). The lowest BCUT2D eigenvalue weighted by Crippen LogP contribution is -2.41. The van der Waals surface area contributed by atoms with Gasteiger partial charge in [0.1, 0.15) is 0 Å². The number of aliphatic hydroxyl groups excluding tert-OH is 1. The summed E-state index contributed by atoms with van der Waals surface area (Å²) in [4.78, 5) is 14.2. The minimum Gasteiger partial charge on any atom is -0.391 e. The molecule has 1 heterocycles. The number of aliphatic hydroxyl groups is 1. The average Bonchev–Trinajstić information content (AvgIpc) is 3.16. The zero-order chi connectivity index (χ0) is 12.9. The van der Waals surface area contributed by atoms with Crippen molar-refractivity contribution in [3.8, 4) is 0 Å². The van der Waals surface area contributed by atoms with Crippen LogP contribution in [-0.4, -0.2) is 23.7 Å². The highest BCUT2D eigenvalue weighted by atomic mass is 16.3. The maximum atomic E-state index is 12.5. The largest absolute Gasteiger partial charge is 0.391 e. The van der Waals surface area contributed by atoms with Crippen LogP contribution in [0.3, 0.4) is 0 Å². The summed E-state index contributed by atoms with van der Waals surface area (Å²) in [7, 11) is 0. The molecule has 3 heteroatoms. The van der Waals surface area contributed by atoms with E-state index in [1.54, 1.807) is 4.90 Å². The van der Waals surface area contributed by atoms with E-state index in [0.29, 0.717) is 12.5 Å². The number of hydrogen-bond donors (Lipinski definition) is 1. The first kappa shape index (κ1) is 11.7. The lowest BCUT2D eigenvalue weighted by Gasteiger charge is -2.23. The molecule has 1 aliphatic carbocycles. The van der Waals surface area contributed by atoms with Crippen molar-refractivity contribution >= 4 is 11.6 Å². The van der Waals surface area contributed by atoms with E-state index in [1.165, 1.54) is 0 Å². The summed E-state index contributed by atoms with van der Waals surface area (Å²) in [5, 5.41) is 10.1. The van der Waals surface area contributed by atoms with Crippen molar-refractivity contribution in [3.63, 3.8) is 0 Å². The highest BCUT2D eigenvalue weighted by Gasteiger charge is 2.45. The predicted molar refractivity (Wildman–Crippen MR) is 70.6 cm³/mol. The first-order valence-corrected chi connectivity index (χ1v) is 6.61. The minimum atomic E-state index is -0.472. The first-order valence-electron chi connectivity index (χ1n) is 6.61. The van der Waals surface area contributed by atoms with Gasteiger partial charge in [-0.25, -0.2) is 0 Å². The van der Waals surface area contributed by atoms with Gasteiger partial charge in [-0.2, -0.15) is 0 Å². The zero-order valence-electron chi connectivity index (χ0n) is 10.9. The quantitative estimate of drug-likeness (QED) is 0.885. The van der Waals surface area contributed by atoms with Crippen molar-refractivity contribution in [3.05, 3.63) is 29.8 Å². The number of hydrogen-bond acceptors (Lipinski definition) is 2. The molecule has 3 nitrogen and oxygen atoms in total. The summed E-state index contributed by atoms with van der Waals surface area (Å²) in [5.41, 5.74) is 1.56. The number of amides is 1. The molecule has 18 heavy (non-hydrogen) atoms. The maximum Gasteiger partial charge on any atom is 0.237 e. The molecule has 0 aromatic heterocycles. The van der Waals surface area contributed by atoms with Gasteiger partial charge in [-0.1, -0.05) is 18.2 Å². The highest BCUT2D eigenvalue weighted by Crippen LogP contribution is 2.42. The third-order valence-electron chi connectivity index (χ3n) is 4.18. The fourth-order valence-electron chi connectivity index (χ4n) is 2.80. The Kier molecular flexibility index (Phi) is 2.49. The fourth-order valence-corrected chi connectivity index (χ4v) is 2.80. The van der Waals surface area contributed by atoms with Gasteiger partial charge in [0.05, 0.1) is 18.1 Å². The first-order chi connectivity index (χ1) is 8.51. The number of carbonyl (C=O) groups is 1. The second kappa shape index (κ2) is 3.82. The summed E-state index contributed by atoms with van der Waals surface area (Å²) in [6.45, 7) is 4.35. The van der Waals surface area contributed by atoms with E-state index in [4.69, 9.17) is 0 Å². The Bertz CT molecular complexity index is 491. The third kappa shape index (κ3) is 1.65. The summed E-state index contributed by atoms with van der Waals surface area (Å²) >= 11 is 0. The monoisotopic (exact) mass is 245 g/mol. The molecule has 1 atom stereocenters. The normalized spacial score (nSPS) is 23.1. The van der Waals surface area contributed by atoms with Crippen molar-refractivity contribution in [1.29, 1.82) is 0 Å². The van der Waals surface area contributed by atoms with Crippen LogP contribution in [0.1, 0.15) is 32.3 Å². The molecule has 0 bridgehead atoms. The molecule has 2 aliphatic rings. The van der Waals surface area contributed by atoms with Crippen LogP contribution in [0.5, 0.6) is 0 Å². The molecule has 1 fully saturated rings. The number of fused-ring (bicyclic) bond motifs is 1. The Morgan fingerprint density at radius 2 is 2.06 bits per heavy atom. The number of rotatable bonds is 3. The number of anilines is 1. The van der Waals surface area contributed by atoms with Crippen molar-refractivity contribution in [2.24, 2.45) is 5.92 Å². The molecule has 1 N–H and O–H groups in total. The van der Waals surface area contributed by atoms with Crippen LogP contribution in [0, 0.1) is 5.92 Å². The molecule has 1 aromatic rings. The van der Waals surface area contributed by atoms with Crippen LogP contribution in [0.25, 0.3) is 0 Å². The van der Waals surface area contributed by atoms with Gasteiger partial charge in [0.15, 0.2) is 0 Å². The summed E-state index contributed by atoms with van der Waals surface area (Å²) in [6, 6.07) is 7.90. The van der Waals surface area contributed by atoms with Gasteiger partial charge < -0.3 is 10.0 Å². The van der Waals surface area contributed by atoms with Crippen LogP contribution in [0.4, 0.5) is 5.69 Å². The van der Waals surface area contributed by atoms with E-state index < -0.39 is 5.41 Å². The fraction of sp³-hybridized carbons (Fsp3) is 0.533. The Morgan fingerprint density at radius 3 is 2.72 bits per heavy atom. The Labute approximate surface area is 107 Å². The number of nitrogens with zero attached hydrogens (tertiary/aromatic N) is 1. The molecule has 0 spiro atoms. The van der Waals surface area contributed by atoms with Crippen LogP contribution in [0.2, 0.25) is 0 Å². The zero-order valence-corrected chi connectivity index (χ0v) is 10.9. The van der Waals surface area contributed by atoms with Gasteiger partial charge in [0.2, 0.25) is 5.91 Å². The third-order valence-corrected chi connectivity index (χ3v) is 4.18. The van der Waals surface area contributed by atoms with E-state index in [1.807, 2.05) is 38.1 Å². The molecule has 96 valence electrons. The second-order valence-corrected chi connectivity index (χ2v) is 5.96. The smallest absolute Gasteiger partial charge is 0.237 e. The van der Waals surface area contributed by atoms with E-state index in [9.17, 15) is 9.90 Å². The average molecular weight is 245 g/mol.